The number of allylic oxidation sites excluding steroid dienone is 4. The fourth-order valence-electron chi connectivity index (χ4n) is 2.79. The summed E-state index contributed by atoms with van der Waals surface area (Å²) >= 11 is 0. The zero-order chi connectivity index (χ0) is 19.1. The SMILES string of the molecule is C/C=C(\N=NC)C(=C(C)C)/C(C)=C(\C)CC.CCCC(C)CCC. The molecule has 140 valence electrons. The minimum Gasteiger partial charge on any atom is -0.192 e. The van der Waals surface area contributed by atoms with Crippen molar-refractivity contribution in [2.45, 2.75) is 94.4 Å². The van der Waals surface area contributed by atoms with Gasteiger partial charge in [0, 0.05) is 12.6 Å². The molecule has 0 aromatic rings. The van der Waals surface area contributed by atoms with E-state index in [1.54, 1.807) is 7.05 Å². The summed E-state index contributed by atoms with van der Waals surface area (Å²) in [5.41, 5.74) is 6.20. The minimum atomic E-state index is 0.963. The van der Waals surface area contributed by atoms with E-state index < -0.39 is 0 Å². The third kappa shape index (κ3) is 10.6. The lowest BCUT2D eigenvalue weighted by molar-refractivity contribution is 0.480. The van der Waals surface area contributed by atoms with Crippen LogP contribution in [0.1, 0.15) is 94.4 Å². The lowest BCUT2D eigenvalue weighted by Gasteiger charge is -2.13. The topological polar surface area (TPSA) is 24.7 Å². The zero-order valence-corrected chi connectivity index (χ0v) is 18.1. The van der Waals surface area contributed by atoms with Gasteiger partial charge in [0.2, 0.25) is 0 Å². The maximum atomic E-state index is 4.20. The van der Waals surface area contributed by atoms with E-state index in [1.165, 1.54) is 48.0 Å². The van der Waals surface area contributed by atoms with Crippen LogP contribution in [-0.4, -0.2) is 7.05 Å². The van der Waals surface area contributed by atoms with E-state index in [4.69, 9.17) is 0 Å². The van der Waals surface area contributed by atoms with E-state index in [0.29, 0.717) is 0 Å². The van der Waals surface area contributed by atoms with Gasteiger partial charge in [-0.15, -0.1) is 0 Å². The molecule has 0 aliphatic rings. The first-order valence-corrected chi connectivity index (χ1v) is 9.61. The Hall–Kier alpha value is -1.18. The van der Waals surface area contributed by atoms with Gasteiger partial charge in [0.15, 0.2) is 0 Å². The Balaban J connectivity index is 0. The molecule has 0 spiro atoms. The van der Waals surface area contributed by atoms with Gasteiger partial charge in [0.1, 0.15) is 0 Å². The van der Waals surface area contributed by atoms with Crippen molar-refractivity contribution in [3.63, 3.8) is 0 Å². The summed E-state index contributed by atoms with van der Waals surface area (Å²) in [6.45, 7) is 19.6. The van der Waals surface area contributed by atoms with Crippen LogP contribution in [0.25, 0.3) is 0 Å². The van der Waals surface area contributed by atoms with Crippen LogP contribution in [0.4, 0.5) is 0 Å². The standard InChI is InChI=1S/C14H24N2.C8H18/c1-8-11(5)12(6)14(10(3)4)13(9-2)16-15-7;1-4-6-8(3)7-5-2/h9H,8H2,1-7H3;8H,4-7H2,1-3H3/b12-11+,13-9-,16-15?;. The third-order valence-corrected chi connectivity index (χ3v) is 4.35. The molecule has 0 saturated carbocycles. The van der Waals surface area contributed by atoms with E-state index in [-0.39, 0.29) is 0 Å². The first kappa shape index (κ1) is 25.1. The Morgan fingerprint density at radius 2 is 1.46 bits per heavy atom. The Morgan fingerprint density at radius 3 is 1.75 bits per heavy atom. The molecule has 2 heteroatoms. The molecule has 0 aromatic carbocycles. The molecule has 0 bridgehead atoms. The van der Waals surface area contributed by atoms with Gasteiger partial charge in [-0.3, -0.25) is 0 Å². The zero-order valence-electron chi connectivity index (χ0n) is 18.1. The second-order valence-electron chi connectivity index (χ2n) is 6.79. The largest absolute Gasteiger partial charge is 0.192 e. The van der Waals surface area contributed by atoms with Crippen LogP contribution in [0.5, 0.6) is 0 Å². The molecule has 0 aromatic heterocycles. The summed E-state index contributed by atoms with van der Waals surface area (Å²) < 4.78 is 0. The van der Waals surface area contributed by atoms with E-state index in [1.807, 2.05) is 13.0 Å². The smallest absolute Gasteiger partial charge is 0.0884 e. The molecule has 0 aliphatic heterocycles. The average molecular weight is 335 g/mol. The van der Waals surface area contributed by atoms with Gasteiger partial charge >= 0.3 is 0 Å². The van der Waals surface area contributed by atoms with Gasteiger partial charge in [0.25, 0.3) is 0 Å². The summed E-state index contributed by atoms with van der Waals surface area (Å²) in [6.07, 6.45) is 8.61. The van der Waals surface area contributed by atoms with E-state index in [0.717, 1.165) is 18.0 Å². The molecule has 0 rings (SSSR count). The van der Waals surface area contributed by atoms with Gasteiger partial charge in [-0.05, 0) is 52.5 Å². The van der Waals surface area contributed by atoms with Crippen LogP contribution in [-0.2, 0) is 0 Å². The molecular formula is C22H42N2. The fraction of sp³-hybridized carbons (Fsp3) is 0.727. The van der Waals surface area contributed by atoms with Crippen LogP contribution in [0.3, 0.4) is 0 Å². The van der Waals surface area contributed by atoms with Gasteiger partial charge < -0.3 is 0 Å². The van der Waals surface area contributed by atoms with Crippen molar-refractivity contribution in [1.82, 2.24) is 0 Å². The summed E-state index contributed by atoms with van der Waals surface area (Å²) in [4.78, 5) is 0. The summed E-state index contributed by atoms with van der Waals surface area (Å²) in [7, 11) is 1.71. The molecule has 0 fully saturated rings. The minimum absolute atomic E-state index is 0.963. The third-order valence-electron chi connectivity index (χ3n) is 4.35. The lowest BCUT2D eigenvalue weighted by Crippen LogP contribution is -1.95. The fourth-order valence-corrected chi connectivity index (χ4v) is 2.79. The second-order valence-corrected chi connectivity index (χ2v) is 6.79. The number of azo groups is 1. The Kier molecular flexibility index (Phi) is 16.0. The van der Waals surface area contributed by atoms with Crippen LogP contribution >= 0.6 is 0 Å². The first-order valence-electron chi connectivity index (χ1n) is 9.61. The quantitative estimate of drug-likeness (QED) is 0.315. The normalized spacial score (nSPS) is 12.9. The van der Waals surface area contributed by atoms with Crippen molar-refractivity contribution in [3.05, 3.63) is 34.1 Å². The Morgan fingerprint density at radius 1 is 0.958 bits per heavy atom. The van der Waals surface area contributed by atoms with Crippen molar-refractivity contribution in [1.29, 1.82) is 0 Å². The van der Waals surface area contributed by atoms with Crippen LogP contribution in [0, 0.1) is 5.92 Å². The predicted molar refractivity (Wildman–Crippen MR) is 111 cm³/mol. The van der Waals surface area contributed by atoms with E-state index in [2.05, 4.69) is 65.6 Å². The van der Waals surface area contributed by atoms with Gasteiger partial charge in [-0.25, -0.2) is 0 Å². The van der Waals surface area contributed by atoms with Crippen molar-refractivity contribution in [3.8, 4) is 0 Å². The molecule has 0 N–H and O–H groups in total. The molecule has 0 unspecified atom stereocenters. The number of rotatable bonds is 8. The van der Waals surface area contributed by atoms with Crippen molar-refractivity contribution in [2.24, 2.45) is 16.1 Å². The Labute approximate surface area is 152 Å². The van der Waals surface area contributed by atoms with Gasteiger partial charge in [0.05, 0.1) is 5.70 Å². The van der Waals surface area contributed by atoms with E-state index in [9.17, 15) is 0 Å². The maximum absolute atomic E-state index is 4.20. The highest BCUT2D eigenvalue weighted by Gasteiger charge is 2.10. The summed E-state index contributed by atoms with van der Waals surface area (Å²) in [6, 6.07) is 0. The second kappa shape index (κ2) is 15.4. The number of hydrogen-bond donors (Lipinski definition) is 0. The average Bonchev–Trinajstić information content (AvgIpc) is 2.54. The summed E-state index contributed by atoms with van der Waals surface area (Å²) in [5, 5.41) is 8.07. The maximum Gasteiger partial charge on any atom is 0.0884 e. The molecule has 0 atom stereocenters. The molecule has 24 heavy (non-hydrogen) atoms. The van der Waals surface area contributed by atoms with Crippen LogP contribution in [0.2, 0.25) is 0 Å². The molecular weight excluding hydrogens is 292 g/mol. The monoisotopic (exact) mass is 334 g/mol. The van der Waals surface area contributed by atoms with Gasteiger partial charge in [-0.1, -0.05) is 70.6 Å². The predicted octanol–water partition coefficient (Wildman–Crippen LogP) is 8.28. The molecule has 0 heterocycles. The van der Waals surface area contributed by atoms with Crippen molar-refractivity contribution in [2.75, 3.05) is 7.05 Å². The molecule has 0 radical (unpaired) electrons. The highest BCUT2D eigenvalue weighted by Crippen LogP contribution is 2.27. The Bertz CT molecular complexity index is 437. The lowest BCUT2D eigenvalue weighted by atomic mass is 9.94. The van der Waals surface area contributed by atoms with Crippen LogP contribution in [0.15, 0.2) is 44.3 Å². The highest BCUT2D eigenvalue weighted by molar-refractivity contribution is 5.48. The van der Waals surface area contributed by atoms with Crippen LogP contribution < -0.4 is 0 Å². The summed E-state index contributed by atoms with van der Waals surface area (Å²) in [5.74, 6) is 0.963. The molecule has 0 aliphatic carbocycles. The highest BCUT2D eigenvalue weighted by atomic mass is 15.1. The van der Waals surface area contributed by atoms with Crippen molar-refractivity contribution < 1.29 is 0 Å². The number of hydrogen-bond acceptors (Lipinski definition) is 2. The van der Waals surface area contributed by atoms with E-state index >= 15 is 0 Å². The molecule has 0 amide bonds. The number of nitrogens with zero attached hydrogens (tertiary/aromatic N) is 2. The van der Waals surface area contributed by atoms with Gasteiger partial charge in [-0.2, -0.15) is 10.2 Å². The van der Waals surface area contributed by atoms with Crippen molar-refractivity contribution >= 4 is 0 Å². The molecule has 2 nitrogen and oxygen atoms in total. The first-order chi connectivity index (χ1) is 11.3. The molecule has 0 saturated heterocycles.